The number of aliphatic carboxylic acids is 1. The van der Waals surface area contributed by atoms with Crippen molar-refractivity contribution < 1.29 is 19.8 Å². The molecule has 0 aromatic heterocycles. The average Bonchev–Trinajstić information content (AvgIpc) is 2.53. The molecule has 0 radical (unpaired) electrons. The van der Waals surface area contributed by atoms with E-state index < -0.39 is 17.5 Å². The van der Waals surface area contributed by atoms with Crippen LogP contribution in [0.1, 0.15) is 20.8 Å². The highest BCUT2D eigenvalue weighted by Crippen LogP contribution is 2.70. The minimum atomic E-state index is -0.944. The summed E-state index contributed by atoms with van der Waals surface area (Å²) in [6.07, 6.45) is -0.944. The molecule has 0 spiro atoms. The van der Waals surface area contributed by atoms with E-state index in [-0.39, 0.29) is 17.3 Å². The summed E-state index contributed by atoms with van der Waals surface area (Å²) >= 11 is 0. The zero-order chi connectivity index (χ0) is 12.3. The largest absolute Gasteiger partial charge is 0.481 e. The maximum atomic E-state index is 11.5. The Hall–Kier alpha value is -1.26. The Labute approximate surface area is 94.0 Å². The van der Waals surface area contributed by atoms with Crippen molar-refractivity contribution in [3.8, 4) is 0 Å². The lowest BCUT2D eigenvalue weighted by atomic mass is 9.74. The van der Waals surface area contributed by atoms with Crippen LogP contribution in [0.3, 0.4) is 0 Å². The van der Waals surface area contributed by atoms with E-state index in [4.69, 9.17) is 5.11 Å². The van der Waals surface area contributed by atoms with Crippen molar-refractivity contribution in [3.63, 3.8) is 0 Å². The molecular formula is C11H17NO4. The number of nitrogens with zero attached hydrogens (tertiary/aromatic N) is 1. The lowest BCUT2D eigenvalue weighted by molar-refractivity contribution is -0.150. The summed E-state index contributed by atoms with van der Waals surface area (Å²) in [5.41, 5.74) is -1.04. The van der Waals surface area contributed by atoms with Crippen LogP contribution in [0.25, 0.3) is 0 Å². The smallest absolute Gasteiger partial charge is 0.407 e. The number of amides is 1. The highest BCUT2D eigenvalue weighted by Gasteiger charge is 2.77. The van der Waals surface area contributed by atoms with Gasteiger partial charge < -0.3 is 15.1 Å². The van der Waals surface area contributed by atoms with Crippen LogP contribution >= 0.6 is 0 Å². The van der Waals surface area contributed by atoms with E-state index in [9.17, 15) is 14.7 Å². The number of hydrogen-bond acceptors (Lipinski definition) is 2. The molecule has 0 bridgehead atoms. The van der Waals surface area contributed by atoms with E-state index in [1.807, 2.05) is 20.8 Å². The van der Waals surface area contributed by atoms with Gasteiger partial charge in [-0.2, -0.15) is 0 Å². The summed E-state index contributed by atoms with van der Waals surface area (Å²) in [4.78, 5) is 23.6. The van der Waals surface area contributed by atoms with Crippen LogP contribution in [-0.4, -0.2) is 40.3 Å². The third kappa shape index (κ3) is 1.11. The molecule has 1 saturated carbocycles. The molecule has 1 aliphatic heterocycles. The Morgan fingerprint density at radius 1 is 1.19 bits per heavy atom. The first-order valence-corrected chi connectivity index (χ1v) is 5.44. The minimum Gasteiger partial charge on any atom is -0.481 e. The van der Waals surface area contributed by atoms with Gasteiger partial charge in [0.25, 0.3) is 0 Å². The molecular weight excluding hydrogens is 210 g/mol. The molecule has 90 valence electrons. The molecule has 1 amide bonds. The van der Waals surface area contributed by atoms with Crippen LogP contribution < -0.4 is 0 Å². The molecule has 1 heterocycles. The van der Waals surface area contributed by atoms with E-state index in [1.165, 1.54) is 4.90 Å². The third-order valence-electron chi connectivity index (χ3n) is 4.25. The summed E-state index contributed by atoms with van der Waals surface area (Å²) in [7, 11) is 0. The van der Waals surface area contributed by atoms with Crippen molar-refractivity contribution >= 4 is 12.1 Å². The number of hydrogen-bond donors (Lipinski definition) is 2. The zero-order valence-electron chi connectivity index (χ0n) is 9.73. The van der Waals surface area contributed by atoms with E-state index in [1.54, 1.807) is 0 Å². The lowest BCUT2D eigenvalue weighted by Crippen LogP contribution is -2.41. The minimum absolute atomic E-state index is 0.0129. The van der Waals surface area contributed by atoms with Crippen LogP contribution in [0.5, 0.6) is 0 Å². The zero-order valence-corrected chi connectivity index (χ0v) is 9.73. The Balaban J connectivity index is 2.21. The van der Waals surface area contributed by atoms with Gasteiger partial charge in [0, 0.05) is 13.1 Å². The second kappa shape index (κ2) is 2.90. The predicted octanol–water partition coefficient (Wildman–Crippen LogP) is 1.34. The maximum absolute atomic E-state index is 11.5. The molecule has 1 saturated heterocycles. The molecule has 16 heavy (non-hydrogen) atoms. The van der Waals surface area contributed by atoms with E-state index in [2.05, 4.69) is 0 Å². The van der Waals surface area contributed by atoms with Gasteiger partial charge in [-0.05, 0) is 17.3 Å². The molecule has 3 atom stereocenters. The van der Waals surface area contributed by atoms with Gasteiger partial charge in [-0.25, -0.2) is 4.79 Å². The number of rotatable bonds is 1. The fraction of sp³-hybridized carbons (Fsp3) is 0.818. The maximum Gasteiger partial charge on any atom is 0.407 e. The molecule has 5 nitrogen and oxygen atoms in total. The van der Waals surface area contributed by atoms with Gasteiger partial charge in [-0.3, -0.25) is 4.79 Å². The fourth-order valence-electron chi connectivity index (χ4n) is 3.54. The number of carbonyl (C=O) groups is 2. The van der Waals surface area contributed by atoms with Crippen molar-refractivity contribution in [2.75, 3.05) is 13.1 Å². The quantitative estimate of drug-likeness (QED) is 0.708. The van der Waals surface area contributed by atoms with Crippen molar-refractivity contribution in [1.82, 2.24) is 4.90 Å². The fourth-order valence-corrected chi connectivity index (χ4v) is 3.54. The van der Waals surface area contributed by atoms with Crippen LogP contribution in [0.4, 0.5) is 4.79 Å². The van der Waals surface area contributed by atoms with Gasteiger partial charge >= 0.3 is 12.1 Å². The van der Waals surface area contributed by atoms with Gasteiger partial charge in [-0.1, -0.05) is 20.8 Å². The van der Waals surface area contributed by atoms with Crippen molar-refractivity contribution in [3.05, 3.63) is 0 Å². The molecule has 2 rings (SSSR count). The molecule has 2 fully saturated rings. The Kier molecular flexibility index (Phi) is 2.03. The van der Waals surface area contributed by atoms with Crippen LogP contribution in [0.15, 0.2) is 0 Å². The number of fused-ring (bicyclic) bond motifs is 1. The molecule has 0 aromatic rings. The first kappa shape index (κ1) is 11.2. The van der Waals surface area contributed by atoms with Gasteiger partial charge in [-0.15, -0.1) is 0 Å². The molecule has 0 aromatic carbocycles. The Morgan fingerprint density at radius 2 is 1.62 bits per heavy atom. The topological polar surface area (TPSA) is 77.8 Å². The highest BCUT2D eigenvalue weighted by molar-refractivity contribution is 5.82. The van der Waals surface area contributed by atoms with E-state index in [0.717, 1.165) is 0 Å². The molecule has 5 heteroatoms. The number of carboxylic acid groups (broad SMARTS) is 2. The summed E-state index contributed by atoms with van der Waals surface area (Å²) in [5.74, 6) is -0.803. The normalized spacial score (nSPS) is 37.1. The van der Waals surface area contributed by atoms with Crippen LogP contribution in [0.2, 0.25) is 0 Å². The Morgan fingerprint density at radius 3 is 1.88 bits per heavy atom. The molecule has 2 aliphatic rings. The first-order valence-electron chi connectivity index (χ1n) is 5.44. The third-order valence-corrected chi connectivity index (χ3v) is 4.25. The second-order valence-electron chi connectivity index (χ2n) is 5.82. The van der Waals surface area contributed by atoms with Gasteiger partial charge in [0.1, 0.15) is 0 Å². The SMILES string of the molecule is CC(C)(C)C1(C(=O)O)[C@@H]2CN(C(=O)O)C[C@@H]21. The van der Waals surface area contributed by atoms with Crippen LogP contribution in [0, 0.1) is 22.7 Å². The Bertz CT molecular complexity index is 345. The summed E-state index contributed by atoms with van der Waals surface area (Å²) in [6, 6.07) is 0. The van der Waals surface area contributed by atoms with E-state index in [0.29, 0.717) is 13.1 Å². The summed E-state index contributed by atoms with van der Waals surface area (Å²) < 4.78 is 0. The van der Waals surface area contributed by atoms with Crippen LogP contribution in [-0.2, 0) is 4.79 Å². The van der Waals surface area contributed by atoms with Crippen molar-refractivity contribution in [2.24, 2.45) is 22.7 Å². The first-order chi connectivity index (χ1) is 7.23. The summed E-state index contributed by atoms with van der Waals surface area (Å²) in [6.45, 7) is 6.49. The van der Waals surface area contributed by atoms with Gasteiger partial charge in [0.05, 0.1) is 5.41 Å². The molecule has 1 aliphatic carbocycles. The number of likely N-dealkylation sites (tertiary alicyclic amines) is 1. The monoisotopic (exact) mass is 227 g/mol. The van der Waals surface area contributed by atoms with Crippen molar-refractivity contribution in [2.45, 2.75) is 20.8 Å². The number of carboxylic acids is 1. The number of piperidine rings is 1. The standard InChI is InChI=1S/C11H17NO4/c1-10(2,3)11(8(13)14)6-4-12(9(15)16)5-7(6)11/h6-7H,4-5H2,1-3H3,(H,13,14)(H,15,16)/t6-,7+,11?. The van der Waals surface area contributed by atoms with Gasteiger partial charge in [0.2, 0.25) is 0 Å². The molecule has 2 N–H and O–H groups in total. The average molecular weight is 227 g/mol. The van der Waals surface area contributed by atoms with Crippen molar-refractivity contribution in [1.29, 1.82) is 0 Å². The summed E-state index contributed by atoms with van der Waals surface area (Å²) in [5, 5.41) is 18.2. The predicted molar refractivity (Wildman–Crippen MR) is 56.1 cm³/mol. The highest BCUT2D eigenvalue weighted by atomic mass is 16.4. The second-order valence-corrected chi connectivity index (χ2v) is 5.82. The lowest BCUT2D eigenvalue weighted by Gasteiger charge is -2.32. The molecule has 1 unspecified atom stereocenters. The van der Waals surface area contributed by atoms with E-state index >= 15 is 0 Å². The van der Waals surface area contributed by atoms with Gasteiger partial charge in [0.15, 0.2) is 0 Å².